The van der Waals surface area contributed by atoms with Gasteiger partial charge in [-0.05, 0) is 106 Å². The number of nitrogens with zero attached hydrogens (tertiary/aromatic N) is 1. The highest BCUT2D eigenvalue weighted by atomic mass is 16.1. The summed E-state index contributed by atoms with van der Waals surface area (Å²) >= 11 is 0. The Balaban J connectivity index is 1.28. The van der Waals surface area contributed by atoms with Crippen LogP contribution in [0.25, 0.3) is 5.57 Å². The summed E-state index contributed by atoms with van der Waals surface area (Å²) in [7, 11) is 0. The number of nitrogen functional groups attached to an aromatic ring is 1. The van der Waals surface area contributed by atoms with Crippen molar-refractivity contribution in [2.75, 3.05) is 37.2 Å². The van der Waals surface area contributed by atoms with Crippen LogP contribution in [0.2, 0.25) is 0 Å². The molecule has 2 aromatic rings. The van der Waals surface area contributed by atoms with Gasteiger partial charge in [0.05, 0.1) is 6.04 Å². The summed E-state index contributed by atoms with van der Waals surface area (Å²) in [6.45, 7) is 4.18. The molecular formula is C29H37N5O. The quantitative estimate of drug-likeness (QED) is 0.248. The van der Waals surface area contributed by atoms with Crippen molar-refractivity contribution >= 4 is 29.1 Å². The topological polar surface area (TPSA) is 94.2 Å². The third-order valence-corrected chi connectivity index (χ3v) is 7.78. The van der Waals surface area contributed by atoms with Gasteiger partial charge in [0.2, 0.25) is 0 Å². The molecule has 0 radical (unpaired) electrons. The van der Waals surface area contributed by atoms with Crippen LogP contribution < -0.4 is 16.4 Å². The molecule has 1 amide bonds. The molecular weight excluding hydrogens is 434 g/mol. The van der Waals surface area contributed by atoms with Crippen LogP contribution in [-0.2, 0) is 0 Å². The van der Waals surface area contributed by atoms with Gasteiger partial charge in [-0.25, -0.2) is 0 Å². The van der Waals surface area contributed by atoms with Gasteiger partial charge in [-0.15, -0.1) is 0 Å². The lowest BCUT2D eigenvalue weighted by molar-refractivity contribution is 0.0951. The van der Waals surface area contributed by atoms with Gasteiger partial charge < -0.3 is 26.7 Å². The van der Waals surface area contributed by atoms with Crippen LogP contribution in [0.4, 0.5) is 11.4 Å². The standard InChI is InChI=1S/C29H37N5O/c30-19-24-25(31)13-14-26-27(24)22-7-2-3-8-23(22)28(33-26)20-9-11-21(12-10-20)29(35)32-15-6-18-34-16-4-1-5-17-34/h9-14,19,28,30,33H,1-8,15-18,31H2,(H,32,35). The number of hydrogen-bond acceptors (Lipinski definition) is 5. The highest BCUT2D eigenvalue weighted by Crippen LogP contribution is 2.48. The Morgan fingerprint density at radius 3 is 2.60 bits per heavy atom. The van der Waals surface area contributed by atoms with Crippen molar-refractivity contribution in [1.29, 1.82) is 5.41 Å². The van der Waals surface area contributed by atoms with E-state index in [0.29, 0.717) is 17.8 Å². The normalized spacial score (nSPS) is 19.9. The molecule has 5 N–H and O–H groups in total. The van der Waals surface area contributed by atoms with E-state index < -0.39 is 0 Å². The summed E-state index contributed by atoms with van der Waals surface area (Å²) in [5, 5.41) is 14.7. The first kappa shape index (κ1) is 23.6. The second-order valence-electron chi connectivity index (χ2n) is 10.1. The summed E-state index contributed by atoms with van der Waals surface area (Å²) in [5.74, 6) is 0.000754. The van der Waals surface area contributed by atoms with E-state index in [4.69, 9.17) is 11.1 Å². The molecule has 0 aromatic heterocycles. The van der Waals surface area contributed by atoms with Crippen molar-refractivity contribution in [2.24, 2.45) is 0 Å². The van der Waals surface area contributed by atoms with E-state index in [1.165, 1.54) is 61.7 Å². The first-order chi connectivity index (χ1) is 17.2. The lowest BCUT2D eigenvalue weighted by Crippen LogP contribution is -2.33. The van der Waals surface area contributed by atoms with Crippen LogP contribution in [0.5, 0.6) is 0 Å². The van der Waals surface area contributed by atoms with E-state index in [1.54, 1.807) is 0 Å². The van der Waals surface area contributed by atoms with Gasteiger partial charge in [0, 0.05) is 40.8 Å². The van der Waals surface area contributed by atoms with E-state index in [-0.39, 0.29) is 11.9 Å². The SMILES string of the molecule is N=Cc1c(N)ccc2c1C1=C(CCCC1)C(c1ccc(C(=O)NCCCN3CCCCC3)cc1)N2. The lowest BCUT2D eigenvalue weighted by atomic mass is 9.77. The number of rotatable bonds is 7. The number of carbonyl (C=O) groups is 1. The molecule has 2 heterocycles. The molecule has 1 fully saturated rings. The number of piperidine rings is 1. The highest BCUT2D eigenvalue weighted by Gasteiger charge is 2.31. The summed E-state index contributed by atoms with van der Waals surface area (Å²) in [4.78, 5) is 15.2. The molecule has 6 heteroatoms. The van der Waals surface area contributed by atoms with Crippen molar-refractivity contribution in [2.45, 2.75) is 57.4 Å². The van der Waals surface area contributed by atoms with Crippen LogP contribution in [0.1, 0.15) is 84.5 Å². The molecule has 0 saturated carbocycles. The Kier molecular flexibility index (Phi) is 7.19. The number of benzene rings is 2. The summed E-state index contributed by atoms with van der Waals surface area (Å²) in [5.41, 5.74) is 14.4. The summed E-state index contributed by atoms with van der Waals surface area (Å²) in [6, 6.07) is 12.1. The summed E-state index contributed by atoms with van der Waals surface area (Å²) in [6.07, 6.45) is 10.7. The van der Waals surface area contributed by atoms with E-state index in [1.807, 2.05) is 24.3 Å². The maximum Gasteiger partial charge on any atom is 0.251 e. The predicted octanol–water partition coefficient (Wildman–Crippen LogP) is 5.37. The van der Waals surface area contributed by atoms with E-state index in [2.05, 4.69) is 27.7 Å². The molecule has 1 aliphatic carbocycles. The molecule has 1 unspecified atom stereocenters. The van der Waals surface area contributed by atoms with Gasteiger partial charge in [-0.1, -0.05) is 18.6 Å². The summed E-state index contributed by atoms with van der Waals surface area (Å²) < 4.78 is 0. The maximum absolute atomic E-state index is 12.7. The van der Waals surface area contributed by atoms with Gasteiger partial charge >= 0.3 is 0 Å². The minimum absolute atomic E-state index is 0.000754. The first-order valence-corrected chi connectivity index (χ1v) is 13.2. The van der Waals surface area contributed by atoms with Crippen LogP contribution >= 0.6 is 0 Å². The first-order valence-electron chi connectivity index (χ1n) is 13.2. The fourth-order valence-corrected chi connectivity index (χ4v) is 5.91. The van der Waals surface area contributed by atoms with Crippen molar-refractivity contribution in [3.8, 4) is 0 Å². The zero-order valence-corrected chi connectivity index (χ0v) is 20.5. The molecule has 0 spiro atoms. The number of allylic oxidation sites excluding steroid dienone is 1. The largest absolute Gasteiger partial charge is 0.398 e. The van der Waals surface area contributed by atoms with Crippen molar-refractivity contribution in [1.82, 2.24) is 10.2 Å². The van der Waals surface area contributed by atoms with Crippen LogP contribution in [0, 0.1) is 5.41 Å². The second-order valence-corrected chi connectivity index (χ2v) is 10.1. The molecule has 3 aliphatic rings. The number of amides is 1. The Hall–Kier alpha value is -3.12. The van der Waals surface area contributed by atoms with Gasteiger partial charge in [-0.3, -0.25) is 4.79 Å². The predicted molar refractivity (Wildman–Crippen MR) is 144 cm³/mol. The monoisotopic (exact) mass is 471 g/mol. The van der Waals surface area contributed by atoms with Crippen LogP contribution in [-0.4, -0.2) is 43.2 Å². The van der Waals surface area contributed by atoms with Gasteiger partial charge in [0.15, 0.2) is 0 Å². The molecule has 5 rings (SSSR count). The molecule has 2 aliphatic heterocycles. The second kappa shape index (κ2) is 10.6. The Morgan fingerprint density at radius 2 is 1.83 bits per heavy atom. The zero-order valence-electron chi connectivity index (χ0n) is 20.5. The van der Waals surface area contributed by atoms with Gasteiger partial charge in [0.25, 0.3) is 5.91 Å². The fraction of sp³-hybridized carbons (Fsp3) is 0.448. The van der Waals surface area contributed by atoms with Gasteiger partial charge in [0.1, 0.15) is 0 Å². The number of nitrogens with two attached hydrogens (primary N) is 1. The Labute approximate surface area is 208 Å². The van der Waals surface area contributed by atoms with Crippen molar-refractivity contribution in [3.05, 3.63) is 64.2 Å². The highest BCUT2D eigenvalue weighted by molar-refractivity contribution is 5.99. The zero-order chi connectivity index (χ0) is 24.2. The van der Waals surface area contributed by atoms with E-state index in [9.17, 15) is 4.79 Å². The average Bonchev–Trinajstić information content (AvgIpc) is 2.91. The Bertz CT molecular complexity index is 1110. The minimum atomic E-state index is 0.000754. The lowest BCUT2D eigenvalue weighted by Gasteiger charge is -2.36. The molecule has 1 saturated heterocycles. The van der Waals surface area contributed by atoms with Crippen LogP contribution in [0.15, 0.2) is 42.0 Å². The van der Waals surface area contributed by atoms with Crippen molar-refractivity contribution in [3.63, 3.8) is 0 Å². The van der Waals surface area contributed by atoms with E-state index in [0.717, 1.165) is 49.0 Å². The third kappa shape index (κ3) is 4.98. The number of hydrogen-bond donors (Lipinski definition) is 4. The molecule has 35 heavy (non-hydrogen) atoms. The number of fused-ring (bicyclic) bond motifs is 2. The van der Waals surface area contributed by atoms with Gasteiger partial charge in [-0.2, -0.15) is 0 Å². The van der Waals surface area contributed by atoms with Crippen LogP contribution in [0.3, 0.4) is 0 Å². The molecule has 2 aromatic carbocycles. The number of carbonyl (C=O) groups excluding carboxylic acids is 1. The number of likely N-dealkylation sites (tertiary alicyclic amines) is 1. The fourth-order valence-electron chi connectivity index (χ4n) is 5.91. The van der Waals surface area contributed by atoms with Crippen molar-refractivity contribution < 1.29 is 4.79 Å². The van der Waals surface area contributed by atoms with E-state index >= 15 is 0 Å². The smallest absolute Gasteiger partial charge is 0.251 e. The molecule has 184 valence electrons. The molecule has 1 atom stereocenters. The number of anilines is 2. The average molecular weight is 472 g/mol. The number of nitrogens with one attached hydrogen (secondary N) is 3. The maximum atomic E-state index is 12.7. The molecule has 6 nitrogen and oxygen atoms in total. The third-order valence-electron chi connectivity index (χ3n) is 7.78. The minimum Gasteiger partial charge on any atom is -0.398 e. The Morgan fingerprint density at radius 1 is 1.06 bits per heavy atom. The molecule has 0 bridgehead atoms.